The Morgan fingerprint density at radius 2 is 2.26 bits per heavy atom. The molecule has 2 rings (SSSR count). The van der Waals surface area contributed by atoms with Crippen molar-refractivity contribution < 1.29 is 14.7 Å². The molecule has 0 saturated carbocycles. The number of pyridine rings is 1. The summed E-state index contributed by atoms with van der Waals surface area (Å²) in [4.78, 5) is 29.1. The van der Waals surface area contributed by atoms with E-state index in [1.165, 1.54) is 0 Å². The zero-order chi connectivity index (χ0) is 14.0. The van der Waals surface area contributed by atoms with Crippen molar-refractivity contribution in [1.29, 1.82) is 0 Å². The van der Waals surface area contributed by atoms with Gasteiger partial charge < -0.3 is 10.0 Å². The van der Waals surface area contributed by atoms with Crippen LogP contribution in [0.1, 0.15) is 32.1 Å². The lowest BCUT2D eigenvalue weighted by Gasteiger charge is -2.35. The molecule has 0 bridgehead atoms. The fourth-order valence-electron chi connectivity index (χ4n) is 2.16. The largest absolute Gasteiger partial charge is 0.387 e. The Morgan fingerprint density at radius 1 is 1.53 bits per heavy atom. The third-order valence-corrected chi connectivity index (χ3v) is 3.17. The van der Waals surface area contributed by atoms with Crippen LogP contribution in [-0.4, -0.2) is 34.5 Å². The van der Waals surface area contributed by atoms with Crippen LogP contribution in [0.2, 0.25) is 0 Å². The van der Waals surface area contributed by atoms with Crippen molar-refractivity contribution >= 4 is 17.5 Å². The number of aromatic nitrogens is 1. The van der Waals surface area contributed by atoms with E-state index in [9.17, 15) is 14.7 Å². The summed E-state index contributed by atoms with van der Waals surface area (Å²) in [5.41, 5.74) is 1.27. The summed E-state index contributed by atoms with van der Waals surface area (Å²) < 4.78 is 0. The van der Waals surface area contributed by atoms with Gasteiger partial charge in [-0.1, -0.05) is 6.92 Å². The number of hydrogen-bond acceptors (Lipinski definition) is 5. The average molecular weight is 263 g/mol. The van der Waals surface area contributed by atoms with Gasteiger partial charge in [-0.25, -0.2) is 0 Å². The minimum absolute atomic E-state index is 0.139. The van der Waals surface area contributed by atoms with Crippen molar-refractivity contribution in [3.8, 4) is 0 Å². The van der Waals surface area contributed by atoms with Gasteiger partial charge in [0, 0.05) is 0 Å². The van der Waals surface area contributed by atoms with E-state index in [-0.39, 0.29) is 24.4 Å². The van der Waals surface area contributed by atoms with Gasteiger partial charge in [-0.3, -0.25) is 19.9 Å². The van der Waals surface area contributed by atoms with Crippen molar-refractivity contribution in [3.63, 3.8) is 0 Å². The second-order valence-corrected chi connectivity index (χ2v) is 4.58. The molecule has 1 aromatic heterocycles. The molecule has 0 aromatic carbocycles. The normalized spacial score (nSPS) is 21.2. The summed E-state index contributed by atoms with van der Waals surface area (Å²) in [5.74, 6) is -0.590. The van der Waals surface area contributed by atoms with Gasteiger partial charge in [0.1, 0.15) is 6.04 Å². The van der Waals surface area contributed by atoms with Crippen molar-refractivity contribution in [2.24, 2.45) is 0 Å². The highest BCUT2D eigenvalue weighted by Crippen LogP contribution is 2.21. The van der Waals surface area contributed by atoms with Crippen LogP contribution < -0.4 is 10.2 Å². The lowest BCUT2D eigenvalue weighted by atomic mass is 10.1. The zero-order valence-corrected chi connectivity index (χ0v) is 11.0. The lowest BCUT2D eigenvalue weighted by molar-refractivity contribution is -0.132. The van der Waals surface area contributed by atoms with Gasteiger partial charge >= 0.3 is 0 Å². The summed E-state index contributed by atoms with van der Waals surface area (Å²) in [6.45, 7) is 3.67. The predicted octanol–water partition coefficient (Wildman–Crippen LogP) is 0.376. The Bertz CT molecular complexity index is 484. The summed E-state index contributed by atoms with van der Waals surface area (Å²) in [5, 5.41) is 11.7. The van der Waals surface area contributed by atoms with Crippen LogP contribution in [0.25, 0.3) is 0 Å². The molecule has 2 atom stereocenters. The van der Waals surface area contributed by atoms with Crippen molar-refractivity contribution in [1.82, 2.24) is 10.3 Å². The van der Waals surface area contributed by atoms with E-state index in [4.69, 9.17) is 0 Å². The first kappa shape index (κ1) is 13.5. The molecule has 2 amide bonds. The van der Waals surface area contributed by atoms with Crippen molar-refractivity contribution in [2.75, 3.05) is 11.4 Å². The minimum Gasteiger partial charge on any atom is -0.387 e. The number of nitrogens with one attached hydrogen (secondary N) is 1. The zero-order valence-electron chi connectivity index (χ0n) is 11.0. The van der Waals surface area contributed by atoms with E-state index in [1.54, 1.807) is 30.2 Å². The molecule has 102 valence electrons. The fourth-order valence-corrected chi connectivity index (χ4v) is 2.16. The summed E-state index contributed by atoms with van der Waals surface area (Å²) >= 11 is 0. The fraction of sp³-hybridized carbons (Fsp3) is 0.462. The molecule has 1 aliphatic rings. The maximum Gasteiger partial charge on any atom is 0.249 e. The van der Waals surface area contributed by atoms with Gasteiger partial charge in [-0.05, 0) is 25.5 Å². The average Bonchev–Trinajstić information content (AvgIpc) is 2.38. The van der Waals surface area contributed by atoms with Crippen molar-refractivity contribution in [2.45, 2.75) is 32.4 Å². The molecule has 1 fully saturated rings. The first-order chi connectivity index (χ1) is 9.02. The van der Waals surface area contributed by atoms with E-state index in [0.29, 0.717) is 17.8 Å². The maximum atomic E-state index is 11.8. The van der Waals surface area contributed by atoms with Gasteiger partial charge in [0.15, 0.2) is 0 Å². The summed E-state index contributed by atoms with van der Waals surface area (Å²) in [6, 6.07) is 3.10. The lowest BCUT2D eigenvalue weighted by Crippen LogP contribution is -2.58. The Labute approximate surface area is 111 Å². The molecule has 1 aromatic rings. The Balaban J connectivity index is 2.27. The molecule has 2 heterocycles. The predicted molar refractivity (Wildman–Crippen MR) is 69.4 cm³/mol. The molecule has 0 radical (unpaired) electrons. The van der Waals surface area contributed by atoms with Crippen molar-refractivity contribution in [3.05, 3.63) is 24.0 Å². The molecule has 1 aliphatic heterocycles. The van der Waals surface area contributed by atoms with Gasteiger partial charge in [0.05, 0.1) is 30.2 Å². The Kier molecular flexibility index (Phi) is 3.80. The Hall–Kier alpha value is -1.95. The molecule has 2 N–H and O–H groups in total. The number of amides is 2. The number of rotatable bonds is 3. The number of nitrogens with zero attached hydrogens (tertiary/aromatic N) is 2. The smallest absolute Gasteiger partial charge is 0.249 e. The molecule has 0 spiro atoms. The number of carbonyl (C=O) groups excluding carboxylic acids is 2. The van der Waals surface area contributed by atoms with Gasteiger partial charge in [0.2, 0.25) is 11.8 Å². The van der Waals surface area contributed by atoms with Gasteiger partial charge in [0.25, 0.3) is 0 Å². The summed E-state index contributed by atoms with van der Waals surface area (Å²) in [6.07, 6.45) is 1.55. The molecule has 0 aliphatic carbocycles. The quantitative estimate of drug-likeness (QED) is 0.770. The van der Waals surface area contributed by atoms with Crippen LogP contribution in [0.15, 0.2) is 18.3 Å². The van der Waals surface area contributed by atoms with Crippen LogP contribution in [0.4, 0.5) is 5.69 Å². The number of aliphatic hydroxyl groups excluding tert-OH is 1. The number of carbonyl (C=O) groups is 2. The molecule has 1 saturated heterocycles. The number of piperazine rings is 1. The topological polar surface area (TPSA) is 82.5 Å². The third kappa shape index (κ3) is 2.73. The number of aliphatic hydroxyl groups is 1. The molecule has 6 heteroatoms. The number of hydrogen-bond donors (Lipinski definition) is 2. The second kappa shape index (κ2) is 5.36. The number of anilines is 1. The Morgan fingerprint density at radius 3 is 2.79 bits per heavy atom. The number of imide groups is 1. The summed E-state index contributed by atoms with van der Waals surface area (Å²) in [7, 11) is 0. The molecule has 1 unspecified atom stereocenters. The van der Waals surface area contributed by atoms with Crippen LogP contribution in [0.5, 0.6) is 0 Å². The van der Waals surface area contributed by atoms with E-state index in [1.807, 2.05) is 6.92 Å². The SMILES string of the molecule is CCC1C(=O)NC(=O)CN1c1ccc([C@H](C)O)nc1. The van der Waals surface area contributed by atoms with E-state index in [0.717, 1.165) is 0 Å². The van der Waals surface area contributed by atoms with E-state index >= 15 is 0 Å². The minimum atomic E-state index is -0.637. The highest BCUT2D eigenvalue weighted by atomic mass is 16.3. The van der Waals surface area contributed by atoms with Crippen LogP contribution in [0, 0.1) is 0 Å². The molecule has 6 nitrogen and oxygen atoms in total. The standard InChI is InChI=1S/C13H17N3O3/c1-3-11-13(19)15-12(18)7-16(11)9-4-5-10(8(2)17)14-6-9/h4-6,8,11,17H,3,7H2,1-2H3,(H,15,18,19)/t8-,11?/m0/s1. The second-order valence-electron chi connectivity index (χ2n) is 4.58. The third-order valence-electron chi connectivity index (χ3n) is 3.17. The van der Waals surface area contributed by atoms with Crippen LogP contribution in [-0.2, 0) is 9.59 Å². The monoisotopic (exact) mass is 263 g/mol. The first-order valence-corrected chi connectivity index (χ1v) is 6.27. The molecular weight excluding hydrogens is 246 g/mol. The highest BCUT2D eigenvalue weighted by Gasteiger charge is 2.32. The molecule has 19 heavy (non-hydrogen) atoms. The van der Waals surface area contributed by atoms with Gasteiger partial charge in [-0.15, -0.1) is 0 Å². The van der Waals surface area contributed by atoms with Crippen LogP contribution >= 0.6 is 0 Å². The van der Waals surface area contributed by atoms with Gasteiger partial charge in [-0.2, -0.15) is 0 Å². The highest BCUT2D eigenvalue weighted by molar-refractivity contribution is 6.04. The van der Waals surface area contributed by atoms with E-state index in [2.05, 4.69) is 10.3 Å². The maximum absolute atomic E-state index is 11.8. The first-order valence-electron chi connectivity index (χ1n) is 6.27. The van der Waals surface area contributed by atoms with Crippen LogP contribution in [0.3, 0.4) is 0 Å². The van der Waals surface area contributed by atoms with E-state index < -0.39 is 6.10 Å². The molecular formula is C13H17N3O3.